The van der Waals surface area contributed by atoms with E-state index in [1.807, 2.05) is 37.3 Å². The van der Waals surface area contributed by atoms with Crippen molar-refractivity contribution < 1.29 is 19.0 Å². The van der Waals surface area contributed by atoms with Crippen LogP contribution in [0.4, 0.5) is 0 Å². The Kier molecular flexibility index (Phi) is 6.58. The van der Waals surface area contributed by atoms with Crippen molar-refractivity contribution in [2.75, 3.05) is 26.4 Å². The smallest absolute Gasteiger partial charge is 0.194 e. The van der Waals surface area contributed by atoms with Gasteiger partial charge in [0.05, 0.1) is 19.8 Å². The molecule has 30 heavy (non-hydrogen) atoms. The third-order valence-electron chi connectivity index (χ3n) is 5.75. The molecule has 1 unspecified atom stereocenters. The van der Waals surface area contributed by atoms with Crippen LogP contribution in [-0.2, 0) is 0 Å². The third kappa shape index (κ3) is 4.17. The normalized spacial score (nSPS) is 17.4. The van der Waals surface area contributed by atoms with Crippen molar-refractivity contribution in [3.63, 3.8) is 0 Å². The number of carbonyl (C=O) groups excluding carboxylic acids is 1. The quantitative estimate of drug-likeness (QED) is 0.539. The molecule has 5 heteroatoms. The van der Waals surface area contributed by atoms with Crippen LogP contribution in [-0.4, -0.2) is 38.2 Å². The minimum absolute atomic E-state index is 0.00213. The Morgan fingerprint density at radius 3 is 2.57 bits per heavy atom. The fraction of sp³-hybridized carbons (Fsp3) is 0.480. The Hall–Kier alpha value is -2.53. The van der Waals surface area contributed by atoms with Gasteiger partial charge in [0.2, 0.25) is 0 Å². The number of carbonyl (C=O) groups is 1. The predicted octanol–water partition coefficient (Wildman–Crippen LogP) is 5.00. The standard InChI is InChI=1S/C25H31NO4/c1-3-13-29-22-16-18(28-4-2)15-20-24(22)23-19(25(20)27)9-7-10-21(23)30-14-11-17-8-5-6-12-26-17/h7,9-10,15-17,26H,3-6,8,11-14H2,1-2H3. The van der Waals surface area contributed by atoms with Crippen molar-refractivity contribution in [1.29, 1.82) is 0 Å². The highest BCUT2D eigenvalue weighted by Crippen LogP contribution is 2.49. The van der Waals surface area contributed by atoms with Gasteiger partial charge in [-0.05, 0) is 51.3 Å². The van der Waals surface area contributed by atoms with Crippen molar-refractivity contribution in [2.24, 2.45) is 0 Å². The van der Waals surface area contributed by atoms with Crippen LogP contribution < -0.4 is 19.5 Å². The van der Waals surface area contributed by atoms with E-state index in [1.165, 1.54) is 19.3 Å². The van der Waals surface area contributed by atoms with Gasteiger partial charge < -0.3 is 19.5 Å². The lowest BCUT2D eigenvalue weighted by atomic mass is 10.0. The lowest BCUT2D eigenvalue weighted by Crippen LogP contribution is -2.35. The highest BCUT2D eigenvalue weighted by atomic mass is 16.5. The molecule has 0 saturated carbocycles. The SMILES string of the molecule is CCCOc1cc(OCC)cc2c1-c1c(OCCC3CCCCN3)cccc1C2=O. The summed E-state index contributed by atoms with van der Waals surface area (Å²) in [5.41, 5.74) is 2.99. The minimum atomic E-state index is 0.00213. The van der Waals surface area contributed by atoms with Gasteiger partial charge in [-0.2, -0.15) is 0 Å². The average Bonchev–Trinajstić information content (AvgIpc) is 3.06. The second-order valence-electron chi connectivity index (χ2n) is 7.92. The molecule has 0 amide bonds. The fourth-order valence-electron chi connectivity index (χ4n) is 4.33. The third-order valence-corrected chi connectivity index (χ3v) is 5.75. The maximum Gasteiger partial charge on any atom is 0.194 e. The molecule has 1 aliphatic carbocycles. The molecule has 1 atom stereocenters. The number of hydrogen-bond acceptors (Lipinski definition) is 5. The van der Waals surface area contributed by atoms with E-state index in [2.05, 4.69) is 12.2 Å². The van der Waals surface area contributed by atoms with Crippen molar-refractivity contribution in [2.45, 2.75) is 52.0 Å². The van der Waals surface area contributed by atoms with Crippen molar-refractivity contribution in [1.82, 2.24) is 5.32 Å². The summed E-state index contributed by atoms with van der Waals surface area (Å²) in [7, 11) is 0. The second kappa shape index (κ2) is 9.52. The first-order valence-corrected chi connectivity index (χ1v) is 11.2. The van der Waals surface area contributed by atoms with Crippen LogP contribution in [0.2, 0.25) is 0 Å². The van der Waals surface area contributed by atoms with Gasteiger partial charge in [0, 0.05) is 34.4 Å². The molecule has 0 spiro atoms. The first-order valence-electron chi connectivity index (χ1n) is 11.2. The van der Waals surface area contributed by atoms with Crippen LogP contribution in [0.25, 0.3) is 11.1 Å². The maximum absolute atomic E-state index is 13.2. The largest absolute Gasteiger partial charge is 0.494 e. The first-order chi connectivity index (χ1) is 14.7. The van der Waals surface area contributed by atoms with Crippen LogP contribution in [0.3, 0.4) is 0 Å². The van der Waals surface area contributed by atoms with Gasteiger partial charge in [-0.15, -0.1) is 0 Å². The Morgan fingerprint density at radius 1 is 0.967 bits per heavy atom. The van der Waals surface area contributed by atoms with Crippen molar-refractivity contribution in [3.8, 4) is 28.4 Å². The Balaban J connectivity index is 1.64. The van der Waals surface area contributed by atoms with E-state index in [4.69, 9.17) is 14.2 Å². The number of nitrogens with one attached hydrogen (secondary N) is 1. The number of hydrogen-bond donors (Lipinski definition) is 1. The van der Waals surface area contributed by atoms with E-state index in [1.54, 1.807) is 0 Å². The van der Waals surface area contributed by atoms with E-state index >= 15 is 0 Å². The molecule has 0 bridgehead atoms. The molecule has 1 saturated heterocycles. The van der Waals surface area contributed by atoms with Gasteiger partial charge in [-0.3, -0.25) is 4.79 Å². The topological polar surface area (TPSA) is 56.8 Å². The van der Waals surface area contributed by atoms with E-state index in [0.717, 1.165) is 36.3 Å². The Morgan fingerprint density at radius 2 is 1.80 bits per heavy atom. The van der Waals surface area contributed by atoms with Gasteiger partial charge in [0.15, 0.2) is 5.78 Å². The van der Waals surface area contributed by atoms with E-state index in [9.17, 15) is 4.79 Å². The zero-order valence-corrected chi connectivity index (χ0v) is 18.0. The number of benzene rings is 2. The molecule has 1 heterocycles. The molecule has 2 aliphatic rings. The minimum Gasteiger partial charge on any atom is -0.494 e. The molecule has 0 aromatic heterocycles. The number of fused-ring (bicyclic) bond motifs is 3. The molecule has 2 aromatic carbocycles. The number of ether oxygens (including phenoxy) is 3. The lowest BCUT2D eigenvalue weighted by Gasteiger charge is -2.23. The van der Waals surface area contributed by atoms with Crippen LogP contribution in [0, 0.1) is 0 Å². The lowest BCUT2D eigenvalue weighted by molar-refractivity contribution is 0.104. The van der Waals surface area contributed by atoms with Gasteiger partial charge in [0.25, 0.3) is 0 Å². The first kappa shape index (κ1) is 20.7. The second-order valence-corrected chi connectivity index (χ2v) is 7.92. The molecule has 1 N–H and O–H groups in total. The molecule has 0 radical (unpaired) electrons. The number of rotatable bonds is 9. The molecular weight excluding hydrogens is 378 g/mol. The van der Waals surface area contributed by atoms with Crippen LogP contribution >= 0.6 is 0 Å². The molecule has 4 rings (SSSR count). The summed E-state index contributed by atoms with van der Waals surface area (Å²) in [6.07, 6.45) is 5.59. The van der Waals surface area contributed by atoms with Gasteiger partial charge in [-0.25, -0.2) is 0 Å². The zero-order valence-electron chi connectivity index (χ0n) is 18.0. The summed E-state index contributed by atoms with van der Waals surface area (Å²) in [5, 5.41) is 3.56. The molecule has 5 nitrogen and oxygen atoms in total. The van der Waals surface area contributed by atoms with Crippen molar-refractivity contribution in [3.05, 3.63) is 41.5 Å². The summed E-state index contributed by atoms with van der Waals surface area (Å²) in [5.74, 6) is 2.10. The maximum atomic E-state index is 13.2. The number of ketones is 1. The molecule has 2 aromatic rings. The van der Waals surface area contributed by atoms with E-state index in [0.29, 0.717) is 48.5 Å². The Bertz CT molecular complexity index is 902. The molecule has 160 valence electrons. The molecule has 1 aliphatic heterocycles. The van der Waals surface area contributed by atoms with Gasteiger partial charge in [0.1, 0.15) is 17.2 Å². The van der Waals surface area contributed by atoms with Gasteiger partial charge >= 0.3 is 0 Å². The fourth-order valence-corrected chi connectivity index (χ4v) is 4.33. The zero-order chi connectivity index (χ0) is 20.9. The highest BCUT2D eigenvalue weighted by Gasteiger charge is 2.33. The summed E-state index contributed by atoms with van der Waals surface area (Å²) in [6, 6.07) is 9.96. The summed E-state index contributed by atoms with van der Waals surface area (Å²) < 4.78 is 18.0. The van der Waals surface area contributed by atoms with E-state index in [-0.39, 0.29) is 5.78 Å². The van der Waals surface area contributed by atoms with Crippen LogP contribution in [0.1, 0.15) is 61.9 Å². The highest BCUT2D eigenvalue weighted by molar-refractivity contribution is 6.23. The molecular formula is C25H31NO4. The van der Waals surface area contributed by atoms with E-state index < -0.39 is 0 Å². The predicted molar refractivity (Wildman–Crippen MR) is 118 cm³/mol. The van der Waals surface area contributed by atoms with Gasteiger partial charge in [-0.1, -0.05) is 25.5 Å². The summed E-state index contributed by atoms with van der Waals surface area (Å²) >= 11 is 0. The van der Waals surface area contributed by atoms with Crippen LogP contribution in [0.5, 0.6) is 17.2 Å². The monoisotopic (exact) mass is 409 g/mol. The molecule has 1 fully saturated rings. The van der Waals surface area contributed by atoms with Crippen LogP contribution in [0.15, 0.2) is 30.3 Å². The summed E-state index contributed by atoms with van der Waals surface area (Å²) in [4.78, 5) is 13.2. The van der Waals surface area contributed by atoms with Crippen molar-refractivity contribution >= 4 is 5.78 Å². The Labute approximate surface area is 178 Å². The average molecular weight is 410 g/mol. The summed E-state index contributed by atoms with van der Waals surface area (Å²) in [6.45, 7) is 6.84. The number of piperidine rings is 1.